The molecular formula is C30H18N2S. The minimum absolute atomic E-state index is 0.896. The standard InChI is InChI=1S/C30H18N2S/c1-2-12-22-19(9-1)20-10-3-5-15-25(20)32-29(22)27-17-8-16-26(31-27)24-14-7-13-23-21-11-4-6-18-28(21)33-30(23)24/h1-18H. The lowest BCUT2D eigenvalue weighted by molar-refractivity contribution is 1.29. The minimum Gasteiger partial charge on any atom is -0.246 e. The van der Waals surface area contributed by atoms with Gasteiger partial charge in [-0.2, -0.15) is 0 Å². The number of thiophene rings is 1. The first-order valence-electron chi connectivity index (χ1n) is 11.0. The number of rotatable bonds is 2. The van der Waals surface area contributed by atoms with Crippen LogP contribution in [-0.4, -0.2) is 9.97 Å². The second-order valence-electron chi connectivity index (χ2n) is 8.21. The lowest BCUT2D eigenvalue weighted by atomic mass is 10.0. The van der Waals surface area contributed by atoms with Gasteiger partial charge in [-0.05, 0) is 29.7 Å². The van der Waals surface area contributed by atoms with Crippen molar-refractivity contribution in [3.8, 4) is 22.6 Å². The van der Waals surface area contributed by atoms with E-state index in [-0.39, 0.29) is 0 Å². The number of pyridine rings is 2. The summed E-state index contributed by atoms with van der Waals surface area (Å²) in [5, 5.41) is 6.09. The van der Waals surface area contributed by atoms with Crippen molar-refractivity contribution in [2.75, 3.05) is 0 Å². The zero-order valence-corrected chi connectivity index (χ0v) is 18.5. The molecule has 0 N–H and O–H groups in total. The van der Waals surface area contributed by atoms with Crippen molar-refractivity contribution in [3.63, 3.8) is 0 Å². The molecule has 2 nitrogen and oxygen atoms in total. The summed E-state index contributed by atoms with van der Waals surface area (Å²) >= 11 is 1.83. The maximum absolute atomic E-state index is 5.13. The molecule has 154 valence electrons. The summed E-state index contributed by atoms with van der Waals surface area (Å²) < 4.78 is 2.58. The number of hydrogen-bond donors (Lipinski definition) is 0. The summed E-state index contributed by atoms with van der Waals surface area (Å²) in [7, 11) is 0. The second-order valence-corrected chi connectivity index (χ2v) is 9.26. The Morgan fingerprint density at radius 1 is 0.455 bits per heavy atom. The van der Waals surface area contributed by atoms with Crippen LogP contribution in [0.3, 0.4) is 0 Å². The molecule has 0 fully saturated rings. The molecule has 0 aliphatic carbocycles. The van der Waals surface area contributed by atoms with E-state index in [1.54, 1.807) is 0 Å². The highest BCUT2D eigenvalue weighted by Gasteiger charge is 2.14. The van der Waals surface area contributed by atoms with Crippen LogP contribution in [0.25, 0.3) is 64.5 Å². The average Bonchev–Trinajstić information content (AvgIpc) is 3.27. The van der Waals surface area contributed by atoms with Crippen molar-refractivity contribution < 1.29 is 0 Å². The fourth-order valence-electron chi connectivity index (χ4n) is 4.76. The van der Waals surface area contributed by atoms with Gasteiger partial charge >= 0.3 is 0 Å². The van der Waals surface area contributed by atoms with Gasteiger partial charge in [0.1, 0.15) is 0 Å². The van der Waals surface area contributed by atoms with Crippen LogP contribution in [0, 0.1) is 0 Å². The summed E-state index contributed by atoms with van der Waals surface area (Å²) in [5.41, 5.74) is 4.96. The Bertz CT molecular complexity index is 1830. The van der Waals surface area contributed by atoms with Crippen LogP contribution in [0.15, 0.2) is 109 Å². The van der Waals surface area contributed by atoms with Gasteiger partial charge < -0.3 is 0 Å². The Kier molecular flexibility index (Phi) is 4.05. The first kappa shape index (κ1) is 18.5. The topological polar surface area (TPSA) is 25.8 Å². The maximum atomic E-state index is 5.13. The summed E-state index contributed by atoms with van der Waals surface area (Å²) in [6, 6.07) is 38.2. The van der Waals surface area contributed by atoms with Gasteiger partial charge in [0.25, 0.3) is 0 Å². The average molecular weight is 439 g/mol. The van der Waals surface area contributed by atoms with Gasteiger partial charge in [0.15, 0.2) is 0 Å². The molecule has 0 atom stereocenters. The zero-order valence-electron chi connectivity index (χ0n) is 17.7. The van der Waals surface area contributed by atoms with Gasteiger partial charge in [0, 0.05) is 36.5 Å². The van der Waals surface area contributed by atoms with E-state index in [1.165, 1.54) is 36.5 Å². The van der Waals surface area contributed by atoms with Crippen molar-refractivity contribution in [2.45, 2.75) is 0 Å². The molecule has 33 heavy (non-hydrogen) atoms. The molecule has 0 saturated heterocycles. The summed E-state index contributed by atoms with van der Waals surface area (Å²) in [6.45, 7) is 0. The number of benzene rings is 4. The van der Waals surface area contributed by atoms with Crippen molar-refractivity contribution in [3.05, 3.63) is 109 Å². The fourth-order valence-corrected chi connectivity index (χ4v) is 5.99. The van der Waals surface area contributed by atoms with Crippen molar-refractivity contribution in [2.24, 2.45) is 0 Å². The molecule has 7 rings (SSSR count). The van der Waals surface area contributed by atoms with Crippen molar-refractivity contribution in [1.82, 2.24) is 9.97 Å². The van der Waals surface area contributed by atoms with E-state index < -0.39 is 0 Å². The smallest absolute Gasteiger partial charge is 0.0972 e. The molecule has 0 saturated carbocycles. The number of fused-ring (bicyclic) bond motifs is 6. The Morgan fingerprint density at radius 3 is 2.03 bits per heavy atom. The van der Waals surface area contributed by atoms with Crippen LogP contribution in [0.4, 0.5) is 0 Å². The molecule has 0 unspecified atom stereocenters. The van der Waals surface area contributed by atoms with Gasteiger partial charge in [-0.3, -0.25) is 0 Å². The molecule has 0 aliphatic heterocycles. The predicted octanol–water partition coefficient (Wildman–Crippen LogP) is 8.48. The summed E-state index contributed by atoms with van der Waals surface area (Å²) in [4.78, 5) is 10.2. The molecule has 0 radical (unpaired) electrons. The van der Waals surface area contributed by atoms with Gasteiger partial charge in [-0.1, -0.05) is 84.9 Å². The number of hydrogen-bond acceptors (Lipinski definition) is 3. The highest BCUT2D eigenvalue weighted by atomic mass is 32.1. The molecule has 0 spiro atoms. The van der Waals surface area contributed by atoms with Crippen molar-refractivity contribution >= 4 is 53.2 Å². The molecule has 0 aliphatic rings. The van der Waals surface area contributed by atoms with Gasteiger partial charge in [0.2, 0.25) is 0 Å². The SMILES string of the molecule is c1cc(-c2nc3ccccc3c3ccccc23)nc(-c2cccc3c2sc2ccccc23)c1. The van der Waals surface area contributed by atoms with E-state index in [4.69, 9.17) is 9.97 Å². The molecule has 0 amide bonds. The first-order chi connectivity index (χ1) is 16.4. The predicted molar refractivity (Wildman–Crippen MR) is 141 cm³/mol. The first-order valence-corrected chi connectivity index (χ1v) is 11.8. The third-order valence-corrected chi connectivity index (χ3v) is 7.50. The normalized spacial score (nSPS) is 11.6. The van der Waals surface area contributed by atoms with Crippen LogP contribution in [0.1, 0.15) is 0 Å². The maximum Gasteiger partial charge on any atom is 0.0972 e. The van der Waals surface area contributed by atoms with Gasteiger partial charge in [-0.25, -0.2) is 9.97 Å². The lowest BCUT2D eigenvalue weighted by Gasteiger charge is -2.11. The molecule has 3 heterocycles. The largest absolute Gasteiger partial charge is 0.246 e. The van der Waals surface area contributed by atoms with Crippen LogP contribution in [-0.2, 0) is 0 Å². The minimum atomic E-state index is 0.896. The molecular weight excluding hydrogens is 420 g/mol. The third-order valence-electron chi connectivity index (χ3n) is 6.28. The van der Waals surface area contributed by atoms with Crippen LogP contribution in [0.2, 0.25) is 0 Å². The summed E-state index contributed by atoms with van der Waals surface area (Å²) in [5.74, 6) is 0. The molecule has 7 aromatic rings. The van der Waals surface area contributed by atoms with E-state index in [2.05, 4.69) is 103 Å². The van der Waals surface area contributed by atoms with Crippen LogP contribution >= 0.6 is 11.3 Å². The fraction of sp³-hybridized carbons (Fsp3) is 0. The molecule has 3 heteroatoms. The van der Waals surface area contributed by atoms with E-state index in [0.29, 0.717) is 0 Å². The highest BCUT2D eigenvalue weighted by Crippen LogP contribution is 2.40. The molecule has 0 bridgehead atoms. The monoisotopic (exact) mass is 438 g/mol. The Morgan fingerprint density at radius 2 is 1.12 bits per heavy atom. The Balaban J connectivity index is 1.48. The number of aromatic nitrogens is 2. The van der Waals surface area contributed by atoms with Crippen LogP contribution in [0.5, 0.6) is 0 Å². The third kappa shape index (κ3) is 2.86. The van der Waals surface area contributed by atoms with Crippen LogP contribution < -0.4 is 0 Å². The van der Waals surface area contributed by atoms with Gasteiger partial charge in [-0.15, -0.1) is 11.3 Å². The lowest BCUT2D eigenvalue weighted by Crippen LogP contribution is -1.93. The van der Waals surface area contributed by atoms with Crippen molar-refractivity contribution in [1.29, 1.82) is 0 Å². The molecule has 4 aromatic carbocycles. The van der Waals surface area contributed by atoms with E-state index in [9.17, 15) is 0 Å². The van der Waals surface area contributed by atoms with E-state index in [1.807, 2.05) is 17.4 Å². The molecule has 3 aromatic heterocycles. The van der Waals surface area contributed by atoms with E-state index in [0.717, 1.165) is 28.0 Å². The Hall–Kier alpha value is -4.08. The highest BCUT2D eigenvalue weighted by molar-refractivity contribution is 7.26. The quantitative estimate of drug-likeness (QED) is 0.253. The Labute approximate surface area is 194 Å². The van der Waals surface area contributed by atoms with Gasteiger partial charge in [0.05, 0.1) is 22.6 Å². The number of nitrogens with zero attached hydrogens (tertiary/aromatic N) is 2. The zero-order chi connectivity index (χ0) is 21.8. The second kappa shape index (κ2) is 7.22. The summed E-state index contributed by atoms with van der Waals surface area (Å²) in [6.07, 6.45) is 0. The van der Waals surface area contributed by atoms with E-state index >= 15 is 0 Å². The number of para-hydroxylation sites is 1.